The minimum Gasteiger partial charge on any atom is -0.459 e. The van der Waals surface area contributed by atoms with Crippen molar-refractivity contribution in [3.63, 3.8) is 0 Å². The van der Waals surface area contributed by atoms with Gasteiger partial charge in [-0.05, 0) is 44.2 Å². The molecule has 110 valence electrons. The van der Waals surface area contributed by atoms with E-state index >= 15 is 0 Å². The van der Waals surface area contributed by atoms with Gasteiger partial charge in [-0.1, -0.05) is 15.9 Å². The molecular weight excluding hydrogens is 322 g/mol. The normalized spacial score (nSPS) is 14.6. The average molecular weight is 342 g/mol. The molecule has 20 heavy (non-hydrogen) atoms. The van der Waals surface area contributed by atoms with Gasteiger partial charge < -0.3 is 19.6 Å². The van der Waals surface area contributed by atoms with E-state index in [1.165, 1.54) is 0 Å². The monoisotopic (exact) mass is 341 g/mol. The van der Waals surface area contributed by atoms with E-state index in [9.17, 15) is 5.11 Å². The SMILES string of the molecule is COCC(O)CCNC(C)c1cc2cc(Br)ccc2o1. The predicted octanol–water partition coefficient (Wildman–Crippen LogP) is 3.24. The van der Waals surface area contributed by atoms with Gasteiger partial charge in [0.15, 0.2) is 0 Å². The number of rotatable bonds is 7. The molecule has 2 N–H and O–H groups in total. The van der Waals surface area contributed by atoms with Crippen LogP contribution in [0.3, 0.4) is 0 Å². The molecule has 0 aliphatic rings. The van der Waals surface area contributed by atoms with Crippen molar-refractivity contribution < 1.29 is 14.3 Å². The van der Waals surface area contributed by atoms with Gasteiger partial charge in [0.2, 0.25) is 0 Å². The number of nitrogens with one attached hydrogen (secondary N) is 1. The summed E-state index contributed by atoms with van der Waals surface area (Å²) in [5, 5.41) is 14.0. The molecule has 0 fully saturated rings. The van der Waals surface area contributed by atoms with Crippen molar-refractivity contribution in [2.75, 3.05) is 20.3 Å². The molecule has 0 saturated heterocycles. The third-order valence-corrected chi connectivity index (χ3v) is 3.70. The smallest absolute Gasteiger partial charge is 0.134 e. The summed E-state index contributed by atoms with van der Waals surface area (Å²) < 4.78 is 11.8. The molecule has 0 bridgehead atoms. The molecule has 1 heterocycles. The lowest BCUT2D eigenvalue weighted by molar-refractivity contribution is 0.0589. The second-order valence-corrected chi connectivity index (χ2v) is 5.82. The van der Waals surface area contributed by atoms with Crippen molar-refractivity contribution in [3.05, 3.63) is 34.5 Å². The fraction of sp³-hybridized carbons (Fsp3) is 0.467. The highest BCUT2D eigenvalue weighted by molar-refractivity contribution is 9.10. The topological polar surface area (TPSA) is 54.6 Å². The molecule has 4 nitrogen and oxygen atoms in total. The lowest BCUT2D eigenvalue weighted by atomic mass is 10.2. The minimum absolute atomic E-state index is 0.107. The van der Waals surface area contributed by atoms with E-state index in [2.05, 4.69) is 28.2 Å². The van der Waals surface area contributed by atoms with Gasteiger partial charge in [-0.2, -0.15) is 0 Å². The molecule has 0 spiro atoms. The highest BCUT2D eigenvalue weighted by atomic mass is 79.9. The van der Waals surface area contributed by atoms with Crippen LogP contribution in [-0.2, 0) is 4.74 Å². The summed E-state index contributed by atoms with van der Waals surface area (Å²) in [6.45, 7) is 3.14. The van der Waals surface area contributed by atoms with Crippen LogP contribution in [0.25, 0.3) is 11.0 Å². The molecule has 0 saturated carbocycles. The predicted molar refractivity (Wildman–Crippen MR) is 82.8 cm³/mol. The van der Waals surface area contributed by atoms with Gasteiger partial charge in [0.25, 0.3) is 0 Å². The molecule has 0 radical (unpaired) electrons. The van der Waals surface area contributed by atoms with Crippen LogP contribution >= 0.6 is 15.9 Å². The van der Waals surface area contributed by atoms with E-state index in [-0.39, 0.29) is 6.04 Å². The standard InChI is InChI=1S/C15H20BrNO3/c1-10(17-6-5-13(18)9-19-2)15-8-11-7-12(16)3-4-14(11)20-15/h3-4,7-8,10,13,17-18H,5-6,9H2,1-2H3. The largest absolute Gasteiger partial charge is 0.459 e. The Morgan fingerprint density at radius 2 is 2.20 bits per heavy atom. The van der Waals surface area contributed by atoms with Crippen LogP contribution < -0.4 is 5.32 Å². The summed E-state index contributed by atoms with van der Waals surface area (Å²) in [6, 6.07) is 8.11. The molecular formula is C15H20BrNO3. The number of hydrogen-bond donors (Lipinski definition) is 2. The summed E-state index contributed by atoms with van der Waals surface area (Å²) in [6.07, 6.45) is 0.232. The quantitative estimate of drug-likeness (QED) is 0.811. The molecule has 2 rings (SSSR count). The molecule has 1 aromatic heterocycles. The minimum atomic E-state index is -0.425. The van der Waals surface area contributed by atoms with E-state index in [1.54, 1.807) is 7.11 Å². The molecule has 2 atom stereocenters. The molecule has 0 aliphatic heterocycles. The first-order chi connectivity index (χ1) is 9.60. The average Bonchev–Trinajstić information content (AvgIpc) is 2.82. The Kier molecular flexibility index (Phi) is 5.60. The van der Waals surface area contributed by atoms with Crippen LogP contribution in [0, 0.1) is 0 Å². The third-order valence-electron chi connectivity index (χ3n) is 3.21. The van der Waals surface area contributed by atoms with Crippen LogP contribution in [0.15, 0.2) is 33.2 Å². The van der Waals surface area contributed by atoms with Crippen molar-refractivity contribution in [2.45, 2.75) is 25.5 Å². The molecule has 2 unspecified atom stereocenters. The van der Waals surface area contributed by atoms with Gasteiger partial charge in [0.1, 0.15) is 11.3 Å². The van der Waals surface area contributed by atoms with Crippen molar-refractivity contribution in [2.24, 2.45) is 0 Å². The lowest BCUT2D eigenvalue weighted by Gasteiger charge is -2.13. The molecule has 1 aromatic carbocycles. The summed E-state index contributed by atoms with van der Waals surface area (Å²) in [5.74, 6) is 0.902. The summed E-state index contributed by atoms with van der Waals surface area (Å²) in [4.78, 5) is 0. The summed E-state index contributed by atoms with van der Waals surface area (Å²) >= 11 is 3.45. The van der Waals surface area contributed by atoms with E-state index in [0.717, 1.165) is 21.2 Å². The zero-order valence-corrected chi connectivity index (χ0v) is 13.3. The molecule has 0 aliphatic carbocycles. The highest BCUT2D eigenvalue weighted by Gasteiger charge is 2.12. The van der Waals surface area contributed by atoms with Crippen molar-refractivity contribution in [1.29, 1.82) is 0 Å². The maximum absolute atomic E-state index is 9.58. The molecule has 5 heteroatoms. The number of furan rings is 1. The number of benzene rings is 1. The Morgan fingerprint density at radius 3 is 2.95 bits per heavy atom. The second kappa shape index (κ2) is 7.22. The van der Waals surface area contributed by atoms with Gasteiger partial charge in [-0.15, -0.1) is 0 Å². The van der Waals surface area contributed by atoms with E-state index in [1.807, 2.05) is 24.3 Å². The van der Waals surface area contributed by atoms with Gasteiger partial charge in [-0.25, -0.2) is 0 Å². The maximum atomic E-state index is 9.58. The number of aliphatic hydroxyl groups excluding tert-OH is 1. The van der Waals surface area contributed by atoms with Crippen LogP contribution in [0.4, 0.5) is 0 Å². The molecule has 0 amide bonds. The second-order valence-electron chi connectivity index (χ2n) is 4.90. The Bertz CT molecular complexity index is 555. The van der Waals surface area contributed by atoms with Crippen LogP contribution in [0.2, 0.25) is 0 Å². The first-order valence-corrected chi connectivity index (χ1v) is 7.49. The zero-order valence-electron chi connectivity index (χ0n) is 11.7. The fourth-order valence-electron chi connectivity index (χ4n) is 2.09. The van der Waals surface area contributed by atoms with E-state index < -0.39 is 6.10 Å². The number of halogens is 1. The number of methoxy groups -OCH3 is 1. The van der Waals surface area contributed by atoms with Crippen molar-refractivity contribution in [3.8, 4) is 0 Å². The Balaban J connectivity index is 1.92. The fourth-order valence-corrected chi connectivity index (χ4v) is 2.47. The highest BCUT2D eigenvalue weighted by Crippen LogP contribution is 2.26. The number of hydrogen-bond acceptors (Lipinski definition) is 4. The van der Waals surface area contributed by atoms with Crippen LogP contribution in [0.1, 0.15) is 25.1 Å². The summed E-state index contributed by atoms with van der Waals surface area (Å²) in [7, 11) is 1.59. The van der Waals surface area contributed by atoms with Crippen LogP contribution in [-0.4, -0.2) is 31.5 Å². The lowest BCUT2D eigenvalue weighted by Crippen LogP contribution is -2.25. The Labute approximate surface area is 127 Å². The Hall–Kier alpha value is -0.880. The van der Waals surface area contributed by atoms with Gasteiger partial charge in [0, 0.05) is 17.0 Å². The number of ether oxygens (including phenoxy) is 1. The molecule has 2 aromatic rings. The number of fused-ring (bicyclic) bond motifs is 1. The number of aliphatic hydroxyl groups is 1. The van der Waals surface area contributed by atoms with Gasteiger partial charge >= 0.3 is 0 Å². The van der Waals surface area contributed by atoms with Crippen molar-refractivity contribution >= 4 is 26.9 Å². The maximum Gasteiger partial charge on any atom is 0.134 e. The zero-order chi connectivity index (χ0) is 14.5. The summed E-state index contributed by atoms with van der Waals surface area (Å²) in [5.41, 5.74) is 0.885. The first kappa shape index (κ1) is 15.5. The van der Waals surface area contributed by atoms with Gasteiger partial charge in [-0.3, -0.25) is 0 Å². The third kappa shape index (κ3) is 4.06. The van der Waals surface area contributed by atoms with Gasteiger partial charge in [0.05, 0.1) is 18.8 Å². The first-order valence-electron chi connectivity index (χ1n) is 6.69. The Morgan fingerprint density at radius 1 is 1.40 bits per heavy atom. The van der Waals surface area contributed by atoms with E-state index in [0.29, 0.717) is 19.6 Å². The van der Waals surface area contributed by atoms with Crippen LogP contribution in [0.5, 0.6) is 0 Å². The van der Waals surface area contributed by atoms with Crippen molar-refractivity contribution in [1.82, 2.24) is 5.32 Å². The van der Waals surface area contributed by atoms with E-state index in [4.69, 9.17) is 9.15 Å².